The van der Waals surface area contributed by atoms with Crippen LogP contribution in [-0.4, -0.2) is 11.1 Å². The molecule has 0 saturated heterocycles. The molecule has 0 atom stereocenters. The molecule has 0 aliphatic rings. The Labute approximate surface area is 92.2 Å². The highest BCUT2D eigenvalue weighted by atomic mass is 16.5. The van der Waals surface area contributed by atoms with Crippen molar-refractivity contribution in [3.05, 3.63) is 41.6 Å². The van der Waals surface area contributed by atoms with Gasteiger partial charge in [-0.25, -0.2) is 5.84 Å². The van der Waals surface area contributed by atoms with Gasteiger partial charge >= 0.3 is 0 Å². The maximum atomic E-state index is 11.3. The van der Waals surface area contributed by atoms with Crippen LogP contribution in [0.15, 0.2) is 34.9 Å². The molecule has 82 valence electrons. The highest BCUT2D eigenvalue weighted by Gasteiger charge is 2.18. The Balaban J connectivity index is 2.45. The van der Waals surface area contributed by atoms with Crippen LogP contribution in [0.25, 0.3) is 11.3 Å². The minimum Gasteiger partial charge on any atom is -0.355 e. The second kappa shape index (κ2) is 4.16. The number of hydrazine groups is 1. The van der Waals surface area contributed by atoms with Gasteiger partial charge in [-0.3, -0.25) is 10.2 Å². The molecule has 3 N–H and O–H groups in total. The first-order chi connectivity index (χ1) is 7.74. The van der Waals surface area contributed by atoms with Gasteiger partial charge in [0.05, 0.1) is 0 Å². The Morgan fingerprint density at radius 3 is 2.69 bits per heavy atom. The van der Waals surface area contributed by atoms with Crippen molar-refractivity contribution >= 4 is 5.91 Å². The second-order valence-electron chi connectivity index (χ2n) is 3.32. The van der Waals surface area contributed by atoms with Crippen LogP contribution in [-0.2, 0) is 0 Å². The third kappa shape index (κ3) is 1.68. The number of hydrogen-bond donors (Lipinski definition) is 2. The Morgan fingerprint density at radius 2 is 2.06 bits per heavy atom. The van der Waals surface area contributed by atoms with Crippen LogP contribution >= 0.6 is 0 Å². The summed E-state index contributed by atoms with van der Waals surface area (Å²) in [6, 6.07) is 9.46. The zero-order valence-electron chi connectivity index (χ0n) is 8.73. The van der Waals surface area contributed by atoms with Gasteiger partial charge in [-0.2, -0.15) is 0 Å². The van der Waals surface area contributed by atoms with E-state index >= 15 is 0 Å². The summed E-state index contributed by atoms with van der Waals surface area (Å²) in [4.78, 5) is 11.3. The van der Waals surface area contributed by atoms with E-state index < -0.39 is 5.91 Å². The summed E-state index contributed by atoms with van der Waals surface area (Å²) in [5.41, 5.74) is 3.79. The summed E-state index contributed by atoms with van der Waals surface area (Å²) in [5, 5.41) is 3.70. The van der Waals surface area contributed by atoms with E-state index in [1.165, 1.54) is 0 Å². The van der Waals surface area contributed by atoms with Gasteiger partial charge in [0, 0.05) is 11.1 Å². The Morgan fingerprint density at radius 1 is 1.38 bits per heavy atom. The lowest BCUT2D eigenvalue weighted by molar-refractivity contribution is 0.0944. The molecule has 0 aliphatic carbocycles. The lowest BCUT2D eigenvalue weighted by Gasteiger charge is -1.97. The molecular weight excluding hydrogens is 206 g/mol. The van der Waals surface area contributed by atoms with E-state index in [1.54, 1.807) is 6.92 Å². The lowest BCUT2D eigenvalue weighted by Crippen LogP contribution is -2.30. The minimum atomic E-state index is -0.455. The van der Waals surface area contributed by atoms with Crippen LogP contribution in [0.1, 0.15) is 16.1 Å². The number of carbonyl (C=O) groups is 1. The maximum absolute atomic E-state index is 11.3. The van der Waals surface area contributed by atoms with E-state index in [4.69, 9.17) is 10.4 Å². The summed E-state index contributed by atoms with van der Waals surface area (Å²) in [6.45, 7) is 1.77. The van der Waals surface area contributed by atoms with E-state index in [-0.39, 0.29) is 5.69 Å². The smallest absolute Gasteiger partial charge is 0.287 e. The summed E-state index contributed by atoms with van der Waals surface area (Å²) < 4.78 is 5.14. The van der Waals surface area contributed by atoms with Crippen molar-refractivity contribution in [2.75, 3.05) is 0 Å². The quantitative estimate of drug-likeness (QED) is 0.450. The molecule has 0 aliphatic heterocycles. The van der Waals surface area contributed by atoms with Crippen molar-refractivity contribution in [3.8, 4) is 11.3 Å². The zero-order valence-corrected chi connectivity index (χ0v) is 8.73. The van der Waals surface area contributed by atoms with E-state index in [9.17, 15) is 4.79 Å². The van der Waals surface area contributed by atoms with Crippen LogP contribution in [0.4, 0.5) is 0 Å². The molecule has 1 amide bonds. The van der Waals surface area contributed by atoms with E-state index in [0.717, 1.165) is 5.56 Å². The van der Waals surface area contributed by atoms with Crippen molar-refractivity contribution in [1.82, 2.24) is 10.6 Å². The number of carbonyl (C=O) groups excluding carboxylic acids is 1. The second-order valence-corrected chi connectivity index (χ2v) is 3.32. The van der Waals surface area contributed by atoms with Gasteiger partial charge in [0.2, 0.25) is 0 Å². The molecule has 1 heterocycles. The number of amides is 1. The average molecular weight is 217 g/mol. The number of aromatic nitrogens is 1. The summed E-state index contributed by atoms with van der Waals surface area (Å²) >= 11 is 0. The first-order valence-electron chi connectivity index (χ1n) is 4.76. The molecule has 0 spiro atoms. The van der Waals surface area contributed by atoms with Crippen molar-refractivity contribution in [1.29, 1.82) is 0 Å². The fraction of sp³-hybridized carbons (Fsp3) is 0.0909. The number of nitrogens with one attached hydrogen (secondary N) is 1. The average Bonchev–Trinajstić information content (AvgIpc) is 2.71. The summed E-state index contributed by atoms with van der Waals surface area (Å²) in [5.74, 6) is 5.17. The molecule has 16 heavy (non-hydrogen) atoms. The van der Waals surface area contributed by atoms with E-state index in [2.05, 4.69) is 5.16 Å². The van der Waals surface area contributed by atoms with Crippen molar-refractivity contribution in [2.45, 2.75) is 6.92 Å². The predicted molar refractivity (Wildman–Crippen MR) is 58.3 cm³/mol. The molecular formula is C11H11N3O2. The molecule has 5 heteroatoms. The highest BCUT2D eigenvalue weighted by Crippen LogP contribution is 2.25. The largest absolute Gasteiger partial charge is 0.355 e. The normalized spacial score (nSPS) is 10.1. The number of hydrogen-bond acceptors (Lipinski definition) is 4. The number of nitrogens with zero attached hydrogens (tertiary/aromatic N) is 1. The lowest BCUT2D eigenvalue weighted by atomic mass is 10.1. The van der Waals surface area contributed by atoms with Crippen molar-refractivity contribution in [2.24, 2.45) is 5.84 Å². The van der Waals surface area contributed by atoms with E-state index in [0.29, 0.717) is 11.3 Å². The van der Waals surface area contributed by atoms with Crippen LogP contribution in [0.5, 0.6) is 0 Å². The van der Waals surface area contributed by atoms with E-state index in [1.807, 2.05) is 35.8 Å². The number of benzene rings is 1. The summed E-state index contributed by atoms with van der Waals surface area (Å²) in [6.07, 6.45) is 0. The summed E-state index contributed by atoms with van der Waals surface area (Å²) in [7, 11) is 0. The molecule has 1 aromatic heterocycles. The highest BCUT2D eigenvalue weighted by molar-refractivity contribution is 5.94. The van der Waals surface area contributed by atoms with Gasteiger partial charge in [0.25, 0.3) is 5.91 Å². The molecule has 0 unspecified atom stereocenters. The third-order valence-corrected chi connectivity index (χ3v) is 2.31. The molecule has 0 fully saturated rings. The Kier molecular flexibility index (Phi) is 2.70. The standard InChI is InChI=1S/C11H11N3O2/c1-7-9(11(15)13-12)14-16-10(7)8-5-3-2-4-6-8/h2-6H,12H2,1H3,(H,13,15). The maximum Gasteiger partial charge on any atom is 0.287 e. The molecule has 0 saturated carbocycles. The van der Waals surface area contributed by atoms with Crippen LogP contribution in [0.3, 0.4) is 0 Å². The Bertz CT molecular complexity index is 505. The van der Waals surface area contributed by atoms with Crippen molar-refractivity contribution in [3.63, 3.8) is 0 Å². The van der Waals surface area contributed by atoms with Gasteiger partial charge < -0.3 is 4.52 Å². The number of nitrogens with two attached hydrogens (primary N) is 1. The molecule has 0 bridgehead atoms. The molecule has 0 radical (unpaired) electrons. The fourth-order valence-corrected chi connectivity index (χ4v) is 1.47. The molecule has 5 nitrogen and oxygen atoms in total. The van der Waals surface area contributed by atoms with Crippen LogP contribution < -0.4 is 11.3 Å². The molecule has 2 rings (SSSR count). The van der Waals surface area contributed by atoms with Gasteiger partial charge in [-0.05, 0) is 6.92 Å². The monoisotopic (exact) mass is 217 g/mol. The van der Waals surface area contributed by atoms with Gasteiger partial charge in [-0.1, -0.05) is 35.5 Å². The van der Waals surface area contributed by atoms with Crippen LogP contribution in [0, 0.1) is 6.92 Å². The third-order valence-electron chi connectivity index (χ3n) is 2.31. The zero-order chi connectivity index (χ0) is 11.5. The minimum absolute atomic E-state index is 0.210. The van der Waals surface area contributed by atoms with Gasteiger partial charge in [0.1, 0.15) is 0 Å². The number of rotatable bonds is 2. The first kappa shape index (κ1) is 10.4. The van der Waals surface area contributed by atoms with Gasteiger partial charge in [0.15, 0.2) is 11.5 Å². The van der Waals surface area contributed by atoms with Crippen molar-refractivity contribution < 1.29 is 9.32 Å². The first-order valence-corrected chi connectivity index (χ1v) is 4.76. The molecule has 1 aromatic carbocycles. The fourth-order valence-electron chi connectivity index (χ4n) is 1.47. The topological polar surface area (TPSA) is 81.2 Å². The SMILES string of the molecule is Cc1c(C(=O)NN)noc1-c1ccccc1. The number of nitrogen functional groups attached to an aromatic ring is 1. The van der Waals surface area contributed by atoms with Crippen LogP contribution in [0.2, 0.25) is 0 Å². The Hall–Kier alpha value is -2.14. The van der Waals surface area contributed by atoms with Gasteiger partial charge in [-0.15, -0.1) is 0 Å². The predicted octanol–water partition coefficient (Wildman–Crippen LogP) is 1.25. The molecule has 2 aromatic rings.